The van der Waals surface area contributed by atoms with Crippen molar-refractivity contribution < 1.29 is 4.79 Å². The van der Waals surface area contributed by atoms with Gasteiger partial charge in [-0.05, 0) is 6.92 Å². The normalized spacial score (nSPS) is 18.4. The van der Waals surface area contributed by atoms with Crippen LogP contribution >= 0.6 is 0 Å². The van der Waals surface area contributed by atoms with E-state index in [0.29, 0.717) is 17.8 Å². The first kappa shape index (κ1) is 11.8. The van der Waals surface area contributed by atoms with E-state index in [4.69, 9.17) is 0 Å². The highest BCUT2D eigenvalue weighted by atomic mass is 16.2. The maximum absolute atomic E-state index is 11.8. The Morgan fingerprint density at radius 3 is 2.84 bits per heavy atom. The van der Waals surface area contributed by atoms with E-state index in [1.807, 2.05) is 37.3 Å². The number of amides is 1. The van der Waals surface area contributed by atoms with Crippen LogP contribution in [0.2, 0.25) is 0 Å². The quantitative estimate of drug-likeness (QED) is 0.805. The van der Waals surface area contributed by atoms with E-state index in [9.17, 15) is 4.79 Å². The van der Waals surface area contributed by atoms with Gasteiger partial charge >= 0.3 is 0 Å². The summed E-state index contributed by atoms with van der Waals surface area (Å²) in [5.74, 6) is 0.472. The molecule has 1 unspecified atom stereocenters. The largest absolute Gasteiger partial charge is 0.287 e. The third-order valence-electron chi connectivity index (χ3n) is 3.08. The fraction of sp³-hybridized carbons (Fsp3) is 0.214. The lowest BCUT2D eigenvalue weighted by Gasteiger charge is -2.08. The van der Waals surface area contributed by atoms with Crippen molar-refractivity contribution in [3.63, 3.8) is 0 Å². The average molecular weight is 254 g/mol. The molecule has 2 aromatic rings. The molecule has 0 fully saturated rings. The number of hydrazine groups is 1. The molecule has 0 saturated carbocycles. The first-order chi connectivity index (χ1) is 9.24. The molecule has 1 aromatic heterocycles. The number of rotatable bonds is 1. The number of aromatic nitrogens is 2. The van der Waals surface area contributed by atoms with Crippen molar-refractivity contribution in [3.05, 3.63) is 47.8 Å². The smallest absolute Gasteiger partial charge is 0.268 e. The van der Waals surface area contributed by atoms with Crippen molar-refractivity contribution in [3.8, 4) is 11.4 Å². The summed E-state index contributed by atoms with van der Waals surface area (Å²) in [6.07, 6.45) is 2.29. The van der Waals surface area contributed by atoms with Crippen molar-refractivity contribution in [2.24, 2.45) is 0 Å². The van der Waals surface area contributed by atoms with Crippen molar-refractivity contribution in [2.45, 2.75) is 19.4 Å². The number of nitrogens with zero attached hydrogens (tertiary/aromatic N) is 2. The zero-order chi connectivity index (χ0) is 13.2. The summed E-state index contributed by atoms with van der Waals surface area (Å²) < 4.78 is 0. The standard InChI is InChI=1S/C14H14N4O/c1-9-7-12-11(14(19)18-17-9)8-15-13(16-12)10-5-3-2-4-6-10/h2-6,8-9,17H,7H2,1H3,(H,18,19). The Bertz CT molecular complexity index is 612. The zero-order valence-corrected chi connectivity index (χ0v) is 10.6. The number of fused-ring (bicyclic) bond motifs is 1. The van der Waals surface area contributed by atoms with Crippen LogP contribution in [-0.2, 0) is 6.42 Å². The van der Waals surface area contributed by atoms with Gasteiger partial charge in [0.25, 0.3) is 5.91 Å². The summed E-state index contributed by atoms with van der Waals surface area (Å²) in [6.45, 7) is 2.00. The van der Waals surface area contributed by atoms with Gasteiger partial charge in [0.2, 0.25) is 0 Å². The Labute approximate surface area is 111 Å². The van der Waals surface area contributed by atoms with Crippen LogP contribution in [0.5, 0.6) is 0 Å². The van der Waals surface area contributed by atoms with E-state index < -0.39 is 0 Å². The highest BCUT2D eigenvalue weighted by Crippen LogP contribution is 2.18. The minimum atomic E-state index is -0.182. The Balaban J connectivity index is 2.06. The molecule has 3 rings (SSSR count). The second-order valence-electron chi connectivity index (χ2n) is 4.62. The van der Waals surface area contributed by atoms with Gasteiger partial charge in [-0.25, -0.2) is 15.4 Å². The molecule has 1 aliphatic heterocycles. The van der Waals surface area contributed by atoms with Crippen molar-refractivity contribution in [2.75, 3.05) is 0 Å². The van der Waals surface area contributed by atoms with E-state index >= 15 is 0 Å². The van der Waals surface area contributed by atoms with Crippen molar-refractivity contribution >= 4 is 5.91 Å². The molecule has 96 valence electrons. The molecule has 0 saturated heterocycles. The van der Waals surface area contributed by atoms with Crippen LogP contribution in [0.3, 0.4) is 0 Å². The van der Waals surface area contributed by atoms with E-state index in [1.165, 1.54) is 0 Å². The van der Waals surface area contributed by atoms with Crippen LogP contribution in [0.25, 0.3) is 11.4 Å². The predicted molar refractivity (Wildman–Crippen MR) is 71.2 cm³/mol. The van der Waals surface area contributed by atoms with Crippen LogP contribution in [0.4, 0.5) is 0 Å². The lowest BCUT2D eigenvalue weighted by molar-refractivity contribution is 0.0931. The molecule has 19 heavy (non-hydrogen) atoms. The Kier molecular flexibility index (Phi) is 2.97. The number of carbonyl (C=O) groups excluding carboxylic acids is 1. The SMILES string of the molecule is CC1Cc2nc(-c3ccccc3)ncc2C(=O)NN1. The van der Waals surface area contributed by atoms with Crippen LogP contribution in [0.1, 0.15) is 23.0 Å². The maximum Gasteiger partial charge on any atom is 0.268 e. The number of benzene rings is 1. The van der Waals surface area contributed by atoms with Gasteiger partial charge < -0.3 is 0 Å². The Hall–Kier alpha value is -2.27. The van der Waals surface area contributed by atoms with Crippen LogP contribution in [0.15, 0.2) is 36.5 Å². The molecule has 0 spiro atoms. The zero-order valence-electron chi connectivity index (χ0n) is 10.6. The molecule has 5 nitrogen and oxygen atoms in total. The topological polar surface area (TPSA) is 66.9 Å². The van der Waals surface area contributed by atoms with Crippen molar-refractivity contribution in [1.29, 1.82) is 0 Å². The van der Waals surface area contributed by atoms with Gasteiger partial charge in [-0.1, -0.05) is 30.3 Å². The fourth-order valence-corrected chi connectivity index (χ4v) is 2.09. The Morgan fingerprint density at radius 2 is 2.05 bits per heavy atom. The van der Waals surface area contributed by atoms with E-state index in [1.54, 1.807) is 6.20 Å². The van der Waals surface area contributed by atoms with E-state index in [-0.39, 0.29) is 11.9 Å². The molecule has 1 aliphatic rings. The molecule has 1 aromatic carbocycles. The highest BCUT2D eigenvalue weighted by Gasteiger charge is 2.21. The third kappa shape index (κ3) is 2.32. The lowest BCUT2D eigenvalue weighted by Crippen LogP contribution is -2.41. The molecular formula is C14H14N4O. The van der Waals surface area contributed by atoms with Crippen LogP contribution in [-0.4, -0.2) is 21.9 Å². The molecule has 5 heteroatoms. The summed E-state index contributed by atoms with van der Waals surface area (Å²) in [5, 5.41) is 0. The molecule has 0 bridgehead atoms. The van der Waals surface area contributed by atoms with Gasteiger partial charge in [-0.3, -0.25) is 10.2 Å². The second-order valence-corrected chi connectivity index (χ2v) is 4.62. The summed E-state index contributed by atoms with van der Waals surface area (Å²) in [6, 6.07) is 9.90. The summed E-state index contributed by atoms with van der Waals surface area (Å²) in [5.41, 5.74) is 7.85. The Morgan fingerprint density at radius 1 is 1.26 bits per heavy atom. The monoisotopic (exact) mass is 254 g/mol. The molecule has 0 radical (unpaired) electrons. The lowest BCUT2D eigenvalue weighted by atomic mass is 10.1. The summed E-state index contributed by atoms with van der Waals surface area (Å²) in [7, 11) is 0. The predicted octanol–water partition coefficient (Wildman–Crippen LogP) is 1.32. The molecule has 0 aliphatic carbocycles. The maximum atomic E-state index is 11.8. The van der Waals surface area contributed by atoms with Gasteiger partial charge in [0, 0.05) is 24.2 Å². The second kappa shape index (κ2) is 4.78. The number of nitrogens with one attached hydrogen (secondary N) is 2. The highest BCUT2D eigenvalue weighted by molar-refractivity contribution is 5.95. The molecule has 2 N–H and O–H groups in total. The van der Waals surface area contributed by atoms with Crippen LogP contribution < -0.4 is 10.9 Å². The van der Waals surface area contributed by atoms with Gasteiger partial charge in [0.05, 0.1) is 11.3 Å². The minimum Gasteiger partial charge on any atom is -0.287 e. The molecule has 1 atom stereocenters. The first-order valence-corrected chi connectivity index (χ1v) is 6.21. The number of carbonyl (C=O) groups is 1. The summed E-state index contributed by atoms with van der Waals surface area (Å²) >= 11 is 0. The minimum absolute atomic E-state index is 0.142. The van der Waals surface area contributed by atoms with Gasteiger partial charge in [-0.15, -0.1) is 0 Å². The molecule has 2 heterocycles. The first-order valence-electron chi connectivity index (χ1n) is 6.21. The summed E-state index contributed by atoms with van der Waals surface area (Å²) in [4.78, 5) is 20.7. The van der Waals surface area contributed by atoms with E-state index in [2.05, 4.69) is 20.8 Å². The van der Waals surface area contributed by atoms with Gasteiger partial charge in [0.15, 0.2) is 5.82 Å². The van der Waals surface area contributed by atoms with Gasteiger partial charge in [-0.2, -0.15) is 0 Å². The van der Waals surface area contributed by atoms with Crippen LogP contribution in [0, 0.1) is 0 Å². The number of hydrogen-bond donors (Lipinski definition) is 2. The average Bonchev–Trinajstić information content (AvgIpc) is 2.59. The van der Waals surface area contributed by atoms with Gasteiger partial charge in [0.1, 0.15) is 0 Å². The molecule has 1 amide bonds. The van der Waals surface area contributed by atoms with Crippen molar-refractivity contribution in [1.82, 2.24) is 20.8 Å². The van der Waals surface area contributed by atoms with E-state index in [0.717, 1.165) is 11.3 Å². The number of hydrogen-bond acceptors (Lipinski definition) is 4. The fourth-order valence-electron chi connectivity index (χ4n) is 2.09. The molecular weight excluding hydrogens is 240 g/mol. The third-order valence-corrected chi connectivity index (χ3v) is 3.08.